The van der Waals surface area contributed by atoms with Gasteiger partial charge in [0.05, 0.1) is 5.56 Å². The Bertz CT molecular complexity index is 426. The first-order chi connectivity index (χ1) is 9.00. The number of piperidine rings is 1. The van der Waals surface area contributed by atoms with E-state index in [1.807, 2.05) is 11.8 Å². The van der Waals surface area contributed by atoms with Gasteiger partial charge in [-0.1, -0.05) is 0 Å². The SMILES string of the molecule is CCNc1cc(C(F)(F)F)cc(N2CCCCC2)n1. The van der Waals surface area contributed by atoms with Crippen LogP contribution in [0.15, 0.2) is 12.1 Å². The normalized spacial score (nSPS) is 16.5. The van der Waals surface area contributed by atoms with Crippen molar-refractivity contribution < 1.29 is 13.2 Å². The summed E-state index contributed by atoms with van der Waals surface area (Å²) in [6.07, 6.45) is -1.18. The van der Waals surface area contributed by atoms with Crippen molar-refractivity contribution in [3.05, 3.63) is 17.7 Å². The molecule has 2 rings (SSSR count). The van der Waals surface area contributed by atoms with Crippen molar-refractivity contribution in [1.82, 2.24) is 4.98 Å². The standard InChI is InChI=1S/C13H18F3N3/c1-2-17-11-8-10(13(14,15)16)9-12(18-11)19-6-4-3-5-7-19/h8-9H,2-7H2,1H3,(H,17,18). The smallest absolute Gasteiger partial charge is 0.370 e. The van der Waals surface area contributed by atoms with E-state index >= 15 is 0 Å². The van der Waals surface area contributed by atoms with E-state index in [-0.39, 0.29) is 5.82 Å². The molecule has 1 aromatic heterocycles. The number of nitrogens with one attached hydrogen (secondary N) is 1. The summed E-state index contributed by atoms with van der Waals surface area (Å²) in [4.78, 5) is 6.21. The number of rotatable bonds is 3. The molecule has 0 unspecified atom stereocenters. The molecule has 0 amide bonds. The third kappa shape index (κ3) is 3.52. The Morgan fingerprint density at radius 1 is 1.21 bits per heavy atom. The van der Waals surface area contributed by atoms with Gasteiger partial charge in [0.2, 0.25) is 0 Å². The van der Waals surface area contributed by atoms with E-state index < -0.39 is 11.7 Å². The van der Waals surface area contributed by atoms with Crippen LogP contribution in [0.1, 0.15) is 31.7 Å². The molecule has 0 spiro atoms. The molecule has 106 valence electrons. The van der Waals surface area contributed by atoms with Crippen LogP contribution in [0.2, 0.25) is 0 Å². The van der Waals surface area contributed by atoms with Crippen molar-refractivity contribution in [2.24, 2.45) is 0 Å². The molecule has 1 fully saturated rings. The number of hydrogen-bond donors (Lipinski definition) is 1. The maximum atomic E-state index is 12.9. The predicted molar refractivity (Wildman–Crippen MR) is 69.5 cm³/mol. The van der Waals surface area contributed by atoms with Gasteiger partial charge in [-0.05, 0) is 38.3 Å². The van der Waals surface area contributed by atoms with Gasteiger partial charge in [-0.2, -0.15) is 13.2 Å². The first-order valence-electron chi connectivity index (χ1n) is 6.59. The lowest BCUT2D eigenvalue weighted by molar-refractivity contribution is -0.137. The molecule has 0 bridgehead atoms. The lowest BCUT2D eigenvalue weighted by atomic mass is 10.1. The van der Waals surface area contributed by atoms with Gasteiger partial charge >= 0.3 is 6.18 Å². The highest BCUT2D eigenvalue weighted by atomic mass is 19.4. The van der Waals surface area contributed by atoms with Crippen molar-refractivity contribution in [2.75, 3.05) is 29.9 Å². The van der Waals surface area contributed by atoms with Gasteiger partial charge in [0.1, 0.15) is 11.6 Å². The second-order valence-electron chi connectivity index (χ2n) is 4.68. The zero-order valence-corrected chi connectivity index (χ0v) is 10.9. The molecule has 0 saturated carbocycles. The largest absolute Gasteiger partial charge is 0.416 e. The van der Waals surface area contributed by atoms with Gasteiger partial charge in [0.15, 0.2) is 0 Å². The Morgan fingerprint density at radius 3 is 2.47 bits per heavy atom. The summed E-state index contributed by atoms with van der Waals surface area (Å²) in [6.45, 7) is 3.94. The molecule has 1 aliphatic rings. The fraction of sp³-hybridized carbons (Fsp3) is 0.615. The minimum atomic E-state index is -4.34. The zero-order chi connectivity index (χ0) is 13.9. The zero-order valence-electron chi connectivity index (χ0n) is 10.9. The number of anilines is 2. The fourth-order valence-corrected chi connectivity index (χ4v) is 2.24. The monoisotopic (exact) mass is 273 g/mol. The van der Waals surface area contributed by atoms with Crippen molar-refractivity contribution in [3.8, 4) is 0 Å². The quantitative estimate of drug-likeness (QED) is 0.913. The highest BCUT2D eigenvalue weighted by molar-refractivity contribution is 5.51. The van der Waals surface area contributed by atoms with E-state index in [1.54, 1.807) is 0 Å². The molecule has 0 radical (unpaired) electrons. The summed E-state index contributed by atoms with van der Waals surface area (Å²) >= 11 is 0. The van der Waals surface area contributed by atoms with Crippen LogP contribution in [0, 0.1) is 0 Å². The lowest BCUT2D eigenvalue weighted by Gasteiger charge is -2.28. The van der Waals surface area contributed by atoms with Gasteiger partial charge < -0.3 is 10.2 Å². The molecule has 3 nitrogen and oxygen atoms in total. The molecule has 0 aliphatic carbocycles. The van der Waals surface area contributed by atoms with E-state index in [2.05, 4.69) is 10.3 Å². The van der Waals surface area contributed by atoms with Gasteiger partial charge in [0, 0.05) is 19.6 Å². The molecular weight excluding hydrogens is 255 g/mol. The van der Waals surface area contributed by atoms with Crippen LogP contribution in [-0.2, 0) is 6.18 Å². The maximum Gasteiger partial charge on any atom is 0.416 e. The Morgan fingerprint density at radius 2 is 1.89 bits per heavy atom. The first-order valence-corrected chi connectivity index (χ1v) is 6.59. The van der Waals surface area contributed by atoms with E-state index in [1.165, 1.54) is 0 Å². The number of hydrogen-bond acceptors (Lipinski definition) is 3. The van der Waals surface area contributed by atoms with Crippen LogP contribution in [0.25, 0.3) is 0 Å². The molecule has 1 saturated heterocycles. The molecule has 6 heteroatoms. The van der Waals surface area contributed by atoms with Crippen LogP contribution in [0.4, 0.5) is 24.8 Å². The summed E-state index contributed by atoms with van der Waals surface area (Å²) < 4.78 is 38.6. The van der Waals surface area contributed by atoms with Crippen LogP contribution in [0.3, 0.4) is 0 Å². The molecule has 1 N–H and O–H groups in total. The van der Waals surface area contributed by atoms with Crippen molar-refractivity contribution >= 4 is 11.6 Å². The molecule has 2 heterocycles. The lowest BCUT2D eigenvalue weighted by Crippen LogP contribution is -2.30. The average molecular weight is 273 g/mol. The first kappa shape index (κ1) is 14.0. The minimum Gasteiger partial charge on any atom is -0.370 e. The fourth-order valence-electron chi connectivity index (χ4n) is 2.24. The highest BCUT2D eigenvalue weighted by Gasteiger charge is 2.32. The maximum absolute atomic E-state index is 12.9. The summed E-state index contributed by atoms with van der Waals surface area (Å²) in [7, 11) is 0. The number of pyridine rings is 1. The summed E-state index contributed by atoms with van der Waals surface area (Å²) in [5, 5.41) is 2.86. The van der Waals surface area contributed by atoms with Gasteiger partial charge in [-0.3, -0.25) is 0 Å². The highest BCUT2D eigenvalue weighted by Crippen LogP contribution is 2.33. The number of alkyl halides is 3. The topological polar surface area (TPSA) is 28.2 Å². The van der Waals surface area contributed by atoms with Gasteiger partial charge in [-0.25, -0.2) is 4.98 Å². The Kier molecular flexibility index (Phi) is 4.17. The summed E-state index contributed by atoms with van der Waals surface area (Å²) in [6, 6.07) is 2.21. The van der Waals surface area contributed by atoms with E-state index in [9.17, 15) is 13.2 Å². The second kappa shape index (κ2) is 5.67. The third-order valence-corrected chi connectivity index (χ3v) is 3.18. The molecule has 0 aromatic carbocycles. The average Bonchev–Trinajstić information content (AvgIpc) is 2.39. The van der Waals surface area contributed by atoms with E-state index in [4.69, 9.17) is 0 Å². The molecule has 0 atom stereocenters. The summed E-state index contributed by atoms with van der Waals surface area (Å²) in [5.74, 6) is 0.711. The number of halogens is 3. The molecule has 1 aliphatic heterocycles. The predicted octanol–water partition coefficient (Wildman–Crippen LogP) is 3.52. The van der Waals surface area contributed by atoms with Crippen LogP contribution >= 0.6 is 0 Å². The van der Waals surface area contributed by atoms with Gasteiger partial charge in [0.25, 0.3) is 0 Å². The van der Waals surface area contributed by atoms with Crippen molar-refractivity contribution in [1.29, 1.82) is 0 Å². The van der Waals surface area contributed by atoms with Gasteiger partial charge in [-0.15, -0.1) is 0 Å². The molecular formula is C13H18F3N3. The van der Waals surface area contributed by atoms with Crippen molar-refractivity contribution in [2.45, 2.75) is 32.4 Å². The van der Waals surface area contributed by atoms with Crippen LogP contribution < -0.4 is 10.2 Å². The Hall–Kier alpha value is -1.46. The molecule has 1 aromatic rings. The summed E-state index contributed by atoms with van der Waals surface area (Å²) in [5.41, 5.74) is -0.640. The molecule has 19 heavy (non-hydrogen) atoms. The minimum absolute atomic E-state index is 0.290. The van der Waals surface area contributed by atoms with E-state index in [0.29, 0.717) is 12.4 Å². The second-order valence-corrected chi connectivity index (χ2v) is 4.68. The van der Waals surface area contributed by atoms with Crippen LogP contribution in [-0.4, -0.2) is 24.6 Å². The number of nitrogens with zero attached hydrogens (tertiary/aromatic N) is 2. The van der Waals surface area contributed by atoms with Crippen LogP contribution in [0.5, 0.6) is 0 Å². The third-order valence-electron chi connectivity index (χ3n) is 3.18. The Balaban J connectivity index is 2.33. The number of aromatic nitrogens is 1. The van der Waals surface area contributed by atoms with E-state index in [0.717, 1.165) is 44.5 Å². The Labute approximate surface area is 110 Å². The van der Waals surface area contributed by atoms with Crippen molar-refractivity contribution in [3.63, 3.8) is 0 Å².